The molecule has 1 heterocycles. The zero-order valence-corrected chi connectivity index (χ0v) is 32.5. The van der Waals surface area contributed by atoms with Crippen molar-refractivity contribution in [3.05, 3.63) is 162 Å². The summed E-state index contributed by atoms with van der Waals surface area (Å²) in [4.78, 5) is 0. The maximum absolute atomic E-state index is 6.55. The maximum atomic E-state index is 6.55. The van der Waals surface area contributed by atoms with Gasteiger partial charge in [0.05, 0.1) is 8.07 Å². The van der Waals surface area contributed by atoms with Crippen LogP contribution in [0.4, 0.5) is 0 Å². The number of ether oxygens (including phenoxy) is 1. The Morgan fingerprint density at radius 2 is 0.964 bits per heavy atom. The van der Waals surface area contributed by atoms with Crippen molar-refractivity contribution in [2.75, 3.05) is 0 Å². The highest BCUT2D eigenvalue weighted by molar-refractivity contribution is 6.90. The smallest absolute Gasteiger partial charge is 0.135 e. The highest BCUT2D eigenvalue weighted by Crippen LogP contribution is 2.51. The molecule has 2 heteroatoms. The van der Waals surface area contributed by atoms with Gasteiger partial charge in [-0.25, -0.2) is 0 Å². The molecule has 0 spiro atoms. The lowest BCUT2D eigenvalue weighted by Crippen LogP contribution is -2.38. The second kappa shape index (κ2) is 10.9. The molecule has 55 heavy (non-hydrogen) atoms. The predicted octanol–water partition coefficient (Wildman–Crippen LogP) is 14.4. The van der Waals surface area contributed by atoms with E-state index in [0.29, 0.717) is 0 Å². The molecule has 2 aliphatic rings. The number of fused-ring (bicyclic) bond motifs is 4. The zero-order valence-electron chi connectivity index (χ0n) is 31.5. The summed E-state index contributed by atoms with van der Waals surface area (Å²) in [5.41, 5.74) is 14.5. The number of para-hydroxylation sites is 1. The van der Waals surface area contributed by atoms with Crippen molar-refractivity contribution in [1.82, 2.24) is 0 Å². The first-order valence-corrected chi connectivity index (χ1v) is 23.1. The van der Waals surface area contributed by atoms with Gasteiger partial charge in [0.1, 0.15) is 11.5 Å². The molecule has 10 aromatic carbocycles. The van der Waals surface area contributed by atoms with Crippen LogP contribution in [0.25, 0.3) is 98.4 Å². The second-order valence-corrected chi connectivity index (χ2v) is 21.8. The Morgan fingerprint density at radius 1 is 0.382 bits per heavy atom. The fraction of sp³-hybridized carbons (Fsp3) is 0.0943. The van der Waals surface area contributed by atoms with Gasteiger partial charge in [-0.15, -0.1) is 0 Å². The first-order valence-electron chi connectivity index (χ1n) is 19.6. The molecule has 1 aliphatic carbocycles. The third kappa shape index (κ3) is 4.23. The maximum Gasteiger partial charge on any atom is 0.135 e. The summed E-state index contributed by atoms with van der Waals surface area (Å²) in [5.74, 6) is 1.85. The van der Waals surface area contributed by atoms with E-state index in [-0.39, 0.29) is 0 Å². The average Bonchev–Trinajstić information content (AvgIpc) is 3.20. The van der Waals surface area contributed by atoms with Crippen LogP contribution in [0.2, 0.25) is 19.6 Å². The molecule has 0 N–H and O–H groups in total. The van der Waals surface area contributed by atoms with Crippen LogP contribution in [0, 0.1) is 6.92 Å². The van der Waals surface area contributed by atoms with Crippen molar-refractivity contribution in [1.29, 1.82) is 0 Å². The molecule has 10 aromatic rings. The average molecular weight is 719 g/mol. The van der Waals surface area contributed by atoms with E-state index in [0.717, 1.165) is 23.5 Å². The van der Waals surface area contributed by atoms with Gasteiger partial charge in [0, 0.05) is 10.9 Å². The summed E-state index contributed by atoms with van der Waals surface area (Å²) in [7, 11) is -1.81. The SMILES string of the molecule is Cc1cc(-c2ccc3c4c(cccc24)-c2ccccc2C3)c2ccc3c([Si](C)(C)C)cc(-c4ccc5c6c(cccc46)-c4ccccc4O5)c4ccc1c2c43. The minimum Gasteiger partial charge on any atom is -0.456 e. The fourth-order valence-corrected chi connectivity index (χ4v) is 11.9. The van der Waals surface area contributed by atoms with Gasteiger partial charge in [-0.05, 0) is 130 Å². The second-order valence-electron chi connectivity index (χ2n) is 16.8. The monoisotopic (exact) mass is 718 g/mol. The molecule has 0 atom stereocenters. The largest absolute Gasteiger partial charge is 0.456 e. The lowest BCUT2D eigenvalue weighted by Gasteiger charge is -2.27. The minimum atomic E-state index is -1.81. The first kappa shape index (κ1) is 31.2. The van der Waals surface area contributed by atoms with Crippen molar-refractivity contribution < 1.29 is 4.74 Å². The molecule has 0 saturated heterocycles. The van der Waals surface area contributed by atoms with Crippen molar-refractivity contribution in [3.8, 4) is 56.0 Å². The van der Waals surface area contributed by atoms with Gasteiger partial charge in [-0.2, -0.15) is 0 Å². The van der Waals surface area contributed by atoms with Crippen LogP contribution in [0.15, 0.2) is 146 Å². The summed E-state index contributed by atoms with van der Waals surface area (Å²) in [6, 6.07) is 55.0. The highest BCUT2D eigenvalue weighted by Gasteiger charge is 2.28. The fourth-order valence-electron chi connectivity index (χ4n) is 10.3. The first-order chi connectivity index (χ1) is 26.8. The van der Waals surface area contributed by atoms with E-state index >= 15 is 0 Å². The van der Waals surface area contributed by atoms with Crippen molar-refractivity contribution in [3.63, 3.8) is 0 Å². The van der Waals surface area contributed by atoms with Gasteiger partial charge in [0.2, 0.25) is 0 Å². The molecule has 0 bridgehead atoms. The normalized spacial score (nSPS) is 13.2. The Morgan fingerprint density at radius 3 is 1.75 bits per heavy atom. The number of aryl methyl sites for hydroxylation is 1. The number of benzene rings is 10. The van der Waals surface area contributed by atoms with Gasteiger partial charge >= 0.3 is 0 Å². The molecule has 0 unspecified atom stereocenters. The number of hydrogen-bond acceptors (Lipinski definition) is 1. The lowest BCUT2D eigenvalue weighted by atomic mass is 9.80. The van der Waals surface area contributed by atoms with Crippen molar-refractivity contribution >= 4 is 67.1 Å². The molecule has 12 rings (SSSR count). The Kier molecular flexibility index (Phi) is 6.19. The minimum absolute atomic E-state index is 0.922. The third-order valence-electron chi connectivity index (χ3n) is 12.7. The van der Waals surface area contributed by atoms with Gasteiger partial charge in [-0.1, -0.05) is 158 Å². The summed E-state index contributed by atoms with van der Waals surface area (Å²) < 4.78 is 6.55. The Labute approximate surface area is 321 Å². The van der Waals surface area contributed by atoms with E-state index in [1.165, 1.54) is 115 Å². The van der Waals surface area contributed by atoms with Crippen LogP contribution in [0.1, 0.15) is 16.7 Å². The van der Waals surface area contributed by atoms with Crippen LogP contribution < -0.4 is 9.92 Å². The van der Waals surface area contributed by atoms with E-state index in [1.54, 1.807) is 0 Å². The molecule has 0 saturated carbocycles. The lowest BCUT2D eigenvalue weighted by molar-refractivity contribution is 0.487. The molecular weight excluding hydrogens is 681 g/mol. The van der Waals surface area contributed by atoms with Gasteiger partial charge in [0.25, 0.3) is 0 Å². The molecule has 0 radical (unpaired) electrons. The molecule has 0 fully saturated rings. The van der Waals surface area contributed by atoms with E-state index in [1.807, 2.05) is 0 Å². The van der Waals surface area contributed by atoms with Crippen LogP contribution >= 0.6 is 0 Å². The zero-order chi connectivity index (χ0) is 36.7. The summed E-state index contributed by atoms with van der Waals surface area (Å²) >= 11 is 0. The Balaban J connectivity index is 1.17. The molecule has 0 amide bonds. The predicted molar refractivity (Wildman–Crippen MR) is 237 cm³/mol. The van der Waals surface area contributed by atoms with Crippen LogP contribution in [0.3, 0.4) is 0 Å². The van der Waals surface area contributed by atoms with Gasteiger partial charge in [0.15, 0.2) is 0 Å². The Bertz CT molecular complexity index is 3310. The van der Waals surface area contributed by atoms with E-state index in [9.17, 15) is 0 Å². The van der Waals surface area contributed by atoms with Crippen LogP contribution in [0.5, 0.6) is 11.5 Å². The molecular formula is C53H38OSi. The van der Waals surface area contributed by atoms with Crippen molar-refractivity contribution in [2.24, 2.45) is 0 Å². The standard InChI is InChI=1S/C53H38OSi/c1-30-27-45(35-20-19-32-28-31-11-5-6-12-34(31)38-14-9-15-39(35)50(32)38)42-23-24-44-49(55(2,3)4)29-46(43-22-21-33(30)52(42)53(43)44)36-25-26-48-51-40(36)16-10-17-41(51)37-13-7-8-18-47(37)54-48/h5-27,29H,28H2,1-4H3. The van der Waals surface area contributed by atoms with E-state index in [4.69, 9.17) is 4.74 Å². The van der Waals surface area contributed by atoms with Gasteiger partial charge in [-0.3, -0.25) is 0 Å². The van der Waals surface area contributed by atoms with E-state index < -0.39 is 8.07 Å². The number of rotatable bonds is 3. The summed E-state index contributed by atoms with van der Waals surface area (Å²) in [6.45, 7) is 9.79. The summed E-state index contributed by atoms with van der Waals surface area (Å²) in [5, 5.41) is 14.9. The molecule has 1 nitrogen and oxygen atoms in total. The van der Waals surface area contributed by atoms with Crippen LogP contribution in [-0.4, -0.2) is 8.07 Å². The van der Waals surface area contributed by atoms with Crippen LogP contribution in [-0.2, 0) is 6.42 Å². The highest BCUT2D eigenvalue weighted by atomic mass is 28.3. The topological polar surface area (TPSA) is 9.23 Å². The van der Waals surface area contributed by atoms with Gasteiger partial charge < -0.3 is 4.74 Å². The summed E-state index contributed by atoms with van der Waals surface area (Å²) in [6.07, 6.45) is 0.972. The molecule has 0 aromatic heterocycles. The third-order valence-corrected chi connectivity index (χ3v) is 14.7. The Hall–Kier alpha value is -6.22. The quantitative estimate of drug-likeness (QED) is 0.131. The number of hydrogen-bond donors (Lipinski definition) is 0. The molecule has 260 valence electrons. The van der Waals surface area contributed by atoms with Crippen molar-refractivity contribution in [2.45, 2.75) is 33.0 Å². The van der Waals surface area contributed by atoms with E-state index in [2.05, 4.69) is 172 Å². The molecule has 1 aliphatic heterocycles.